The van der Waals surface area contributed by atoms with E-state index in [1.54, 1.807) is 0 Å². The minimum atomic E-state index is -0.299. The van der Waals surface area contributed by atoms with Crippen molar-refractivity contribution >= 4 is 12.2 Å². The molecule has 0 aliphatic heterocycles. The Morgan fingerprint density at radius 3 is 2.64 bits per heavy atom. The van der Waals surface area contributed by atoms with Gasteiger partial charge in [-0.2, -0.15) is 0 Å². The van der Waals surface area contributed by atoms with Crippen LogP contribution in [0, 0.1) is 5.41 Å². The number of hydrogen-bond acceptors (Lipinski definition) is 4. The third-order valence-corrected chi connectivity index (χ3v) is 2.11. The van der Waals surface area contributed by atoms with Crippen LogP contribution in [-0.2, 0) is 9.53 Å². The van der Waals surface area contributed by atoms with Gasteiger partial charge in [0.05, 0.1) is 13.2 Å². The van der Waals surface area contributed by atoms with E-state index in [9.17, 15) is 4.79 Å². The summed E-state index contributed by atoms with van der Waals surface area (Å²) in [7, 11) is 1.52. The molecule has 3 N–H and O–H groups in total. The molecule has 1 unspecified atom stereocenters. The number of nitrogens with one attached hydrogen (secondary N) is 1. The normalized spacial score (nSPS) is 12.1. The van der Waals surface area contributed by atoms with Crippen LogP contribution in [0.1, 0.15) is 38.5 Å². The second kappa shape index (κ2) is 8.69. The number of carbonyl (C=O) groups excluding carboxylic acids is 1. The summed E-state index contributed by atoms with van der Waals surface area (Å²) >= 11 is 0. The van der Waals surface area contributed by atoms with E-state index in [2.05, 4.69) is 0 Å². The summed E-state index contributed by atoms with van der Waals surface area (Å²) in [6.07, 6.45) is 6.36. The van der Waals surface area contributed by atoms with Crippen LogP contribution < -0.4 is 5.73 Å². The van der Waals surface area contributed by atoms with Crippen LogP contribution in [-0.4, -0.2) is 25.3 Å². The number of rotatable bonds is 8. The van der Waals surface area contributed by atoms with Gasteiger partial charge in [-0.1, -0.05) is 19.3 Å². The molecule has 0 aromatic rings. The first kappa shape index (κ1) is 13.1. The van der Waals surface area contributed by atoms with Crippen LogP contribution in [0.25, 0.3) is 0 Å². The summed E-state index contributed by atoms with van der Waals surface area (Å²) in [5, 5.41) is 7.23. The van der Waals surface area contributed by atoms with Crippen molar-refractivity contribution in [1.82, 2.24) is 0 Å². The van der Waals surface area contributed by atoms with Crippen LogP contribution in [0.2, 0.25) is 0 Å². The monoisotopic (exact) mass is 200 g/mol. The van der Waals surface area contributed by atoms with Gasteiger partial charge in [0.15, 0.2) is 5.90 Å². The number of unbranched alkanes of at least 4 members (excludes halogenated alkanes) is 3. The summed E-state index contributed by atoms with van der Waals surface area (Å²) in [5.74, 6) is 0.342. The Morgan fingerprint density at radius 2 is 2.07 bits per heavy atom. The minimum absolute atomic E-state index is 0.299. The fourth-order valence-electron chi connectivity index (χ4n) is 1.19. The highest BCUT2D eigenvalue weighted by Gasteiger charge is 1.99. The van der Waals surface area contributed by atoms with E-state index in [-0.39, 0.29) is 6.04 Å². The molecule has 0 saturated heterocycles. The maximum absolute atomic E-state index is 10.2. The molecule has 0 spiro atoms. The lowest BCUT2D eigenvalue weighted by Gasteiger charge is -2.04. The third-order valence-electron chi connectivity index (χ3n) is 2.11. The zero-order valence-corrected chi connectivity index (χ0v) is 8.79. The highest BCUT2D eigenvalue weighted by molar-refractivity contribution is 5.72. The Balaban J connectivity index is 3.14. The van der Waals surface area contributed by atoms with E-state index in [4.69, 9.17) is 15.9 Å². The zero-order chi connectivity index (χ0) is 10.8. The fourth-order valence-corrected chi connectivity index (χ4v) is 1.19. The SMILES string of the molecule is COC(=N)CCCCCCC(N)C=O. The highest BCUT2D eigenvalue weighted by Crippen LogP contribution is 2.06. The number of hydrogen-bond donors (Lipinski definition) is 2. The van der Waals surface area contributed by atoms with Gasteiger partial charge in [0, 0.05) is 6.42 Å². The van der Waals surface area contributed by atoms with Crippen molar-refractivity contribution in [2.75, 3.05) is 7.11 Å². The minimum Gasteiger partial charge on any atom is -0.484 e. The number of aldehydes is 1. The molecule has 0 fully saturated rings. The molecule has 0 aromatic heterocycles. The predicted molar refractivity (Wildman–Crippen MR) is 56.5 cm³/mol. The lowest BCUT2D eigenvalue weighted by Crippen LogP contribution is -2.20. The molecule has 14 heavy (non-hydrogen) atoms. The van der Waals surface area contributed by atoms with Gasteiger partial charge >= 0.3 is 0 Å². The van der Waals surface area contributed by atoms with Gasteiger partial charge < -0.3 is 15.3 Å². The Labute approximate surface area is 85.3 Å². The van der Waals surface area contributed by atoms with E-state index >= 15 is 0 Å². The largest absolute Gasteiger partial charge is 0.484 e. The van der Waals surface area contributed by atoms with Crippen LogP contribution in [0.3, 0.4) is 0 Å². The first-order valence-corrected chi connectivity index (χ1v) is 5.03. The van der Waals surface area contributed by atoms with Crippen molar-refractivity contribution < 1.29 is 9.53 Å². The first-order chi connectivity index (χ1) is 6.70. The summed E-state index contributed by atoms with van der Waals surface area (Å²) in [6, 6.07) is -0.299. The van der Waals surface area contributed by atoms with Crippen LogP contribution in [0.5, 0.6) is 0 Å². The van der Waals surface area contributed by atoms with Crippen molar-refractivity contribution in [1.29, 1.82) is 5.41 Å². The lowest BCUT2D eigenvalue weighted by molar-refractivity contribution is -0.109. The second-order valence-electron chi connectivity index (χ2n) is 3.38. The number of carbonyl (C=O) groups is 1. The predicted octanol–water partition coefficient (Wildman–Crippen LogP) is 1.48. The molecule has 0 aromatic carbocycles. The first-order valence-electron chi connectivity index (χ1n) is 5.03. The van der Waals surface area contributed by atoms with E-state index in [0.717, 1.165) is 38.4 Å². The van der Waals surface area contributed by atoms with Gasteiger partial charge in [0.1, 0.15) is 6.29 Å². The fraction of sp³-hybridized carbons (Fsp3) is 0.800. The van der Waals surface area contributed by atoms with Crippen LogP contribution in [0.15, 0.2) is 0 Å². The van der Waals surface area contributed by atoms with Crippen molar-refractivity contribution in [3.63, 3.8) is 0 Å². The molecule has 0 saturated carbocycles. The maximum Gasteiger partial charge on any atom is 0.180 e. The van der Waals surface area contributed by atoms with Gasteiger partial charge in [-0.3, -0.25) is 5.41 Å². The number of nitrogens with two attached hydrogens (primary N) is 1. The van der Waals surface area contributed by atoms with Gasteiger partial charge in [0.2, 0.25) is 0 Å². The smallest absolute Gasteiger partial charge is 0.180 e. The molecule has 0 amide bonds. The van der Waals surface area contributed by atoms with E-state index in [1.165, 1.54) is 7.11 Å². The van der Waals surface area contributed by atoms with Gasteiger partial charge in [0.25, 0.3) is 0 Å². The second-order valence-corrected chi connectivity index (χ2v) is 3.38. The molecule has 0 radical (unpaired) electrons. The quantitative estimate of drug-likeness (QED) is 0.269. The van der Waals surface area contributed by atoms with Gasteiger partial charge in [-0.25, -0.2) is 0 Å². The molecule has 0 aliphatic carbocycles. The molecule has 0 heterocycles. The molecule has 0 aliphatic rings. The average Bonchev–Trinajstić information content (AvgIpc) is 2.22. The summed E-state index contributed by atoms with van der Waals surface area (Å²) in [4.78, 5) is 10.2. The van der Waals surface area contributed by atoms with E-state index < -0.39 is 0 Å². The Morgan fingerprint density at radius 1 is 1.43 bits per heavy atom. The van der Waals surface area contributed by atoms with Crippen molar-refractivity contribution in [3.05, 3.63) is 0 Å². The number of ether oxygens (including phenoxy) is 1. The average molecular weight is 200 g/mol. The van der Waals surface area contributed by atoms with Crippen molar-refractivity contribution in [2.45, 2.75) is 44.6 Å². The maximum atomic E-state index is 10.2. The van der Waals surface area contributed by atoms with Gasteiger partial charge in [-0.05, 0) is 12.8 Å². The molecule has 0 bridgehead atoms. The summed E-state index contributed by atoms with van der Waals surface area (Å²) in [5.41, 5.74) is 5.44. The van der Waals surface area contributed by atoms with Crippen LogP contribution in [0.4, 0.5) is 0 Å². The molecule has 4 nitrogen and oxygen atoms in total. The van der Waals surface area contributed by atoms with Crippen molar-refractivity contribution in [3.8, 4) is 0 Å². The zero-order valence-electron chi connectivity index (χ0n) is 8.79. The van der Waals surface area contributed by atoms with Crippen molar-refractivity contribution in [2.24, 2.45) is 5.73 Å². The molecule has 82 valence electrons. The molecule has 1 atom stereocenters. The highest BCUT2D eigenvalue weighted by atomic mass is 16.5. The third kappa shape index (κ3) is 7.73. The van der Waals surface area contributed by atoms with E-state index in [0.29, 0.717) is 12.3 Å². The molecule has 0 rings (SSSR count). The molecular formula is C10H20N2O2. The Hall–Kier alpha value is -0.900. The topological polar surface area (TPSA) is 76.2 Å². The summed E-state index contributed by atoms with van der Waals surface area (Å²) in [6.45, 7) is 0. The molecule has 4 heteroatoms. The van der Waals surface area contributed by atoms with Crippen LogP contribution >= 0.6 is 0 Å². The summed E-state index contributed by atoms with van der Waals surface area (Å²) < 4.78 is 4.73. The lowest BCUT2D eigenvalue weighted by atomic mass is 10.1. The Kier molecular flexibility index (Phi) is 8.13. The van der Waals surface area contributed by atoms with Gasteiger partial charge in [-0.15, -0.1) is 0 Å². The molecular weight excluding hydrogens is 180 g/mol. The Bertz CT molecular complexity index is 172. The van der Waals surface area contributed by atoms with E-state index in [1.807, 2.05) is 0 Å². The number of methoxy groups -OCH3 is 1. The standard InChI is InChI=1S/C10H20N2O2/c1-14-10(12)7-5-3-2-4-6-9(11)8-13/h8-9,12H,2-7,11H2,1H3.